The molecule has 5 nitrogen and oxygen atoms in total. The van der Waals surface area contributed by atoms with Gasteiger partial charge in [-0.1, -0.05) is 0 Å². The maximum atomic E-state index is 8.42. The SMILES string of the molecule is CCO/C=N\C(C#N)=C(\N)C#N. The number of hydrogen-bond donors (Lipinski definition) is 1. The molecule has 0 aliphatic rings. The van der Waals surface area contributed by atoms with Gasteiger partial charge in [0.25, 0.3) is 0 Å². The third-order valence-electron chi connectivity index (χ3n) is 0.904. The van der Waals surface area contributed by atoms with Crippen molar-refractivity contribution in [3.63, 3.8) is 0 Å². The Balaban J connectivity index is 4.43. The second kappa shape index (κ2) is 5.75. The van der Waals surface area contributed by atoms with Crippen molar-refractivity contribution in [1.82, 2.24) is 0 Å². The molecule has 0 radical (unpaired) electrons. The minimum atomic E-state index is -0.214. The van der Waals surface area contributed by atoms with Crippen LogP contribution in [-0.4, -0.2) is 13.0 Å². The summed E-state index contributed by atoms with van der Waals surface area (Å²) in [5.41, 5.74) is 4.79. The number of rotatable bonds is 3. The van der Waals surface area contributed by atoms with Gasteiger partial charge in [-0.25, -0.2) is 4.99 Å². The highest BCUT2D eigenvalue weighted by Gasteiger charge is 1.97. The van der Waals surface area contributed by atoms with Crippen LogP contribution < -0.4 is 5.73 Å². The first-order valence-corrected chi connectivity index (χ1v) is 3.20. The van der Waals surface area contributed by atoms with E-state index < -0.39 is 0 Å². The molecule has 0 bridgehead atoms. The molecule has 0 saturated carbocycles. The number of ether oxygens (including phenoxy) is 1. The molecule has 0 aromatic heterocycles. The molecule has 62 valence electrons. The summed E-state index contributed by atoms with van der Waals surface area (Å²) < 4.78 is 4.72. The van der Waals surface area contributed by atoms with Crippen LogP contribution in [0.3, 0.4) is 0 Å². The van der Waals surface area contributed by atoms with Gasteiger partial charge in [-0.3, -0.25) is 0 Å². The van der Waals surface area contributed by atoms with E-state index in [0.717, 1.165) is 6.40 Å². The summed E-state index contributed by atoms with van der Waals surface area (Å²) in [7, 11) is 0. The van der Waals surface area contributed by atoms with E-state index in [1.807, 2.05) is 0 Å². The van der Waals surface area contributed by atoms with Crippen LogP contribution in [0.1, 0.15) is 6.92 Å². The van der Waals surface area contributed by atoms with E-state index in [1.165, 1.54) is 0 Å². The standard InChI is InChI=1S/C7H8N4O/c1-2-12-5-11-7(4-9)6(10)3-8/h5H,2,10H2,1H3/b7-6+,11-5-. The molecule has 5 heteroatoms. The van der Waals surface area contributed by atoms with Crippen LogP contribution in [-0.2, 0) is 4.74 Å². The molecule has 0 unspecified atom stereocenters. The molecule has 0 aromatic rings. The van der Waals surface area contributed by atoms with E-state index in [-0.39, 0.29) is 11.4 Å². The van der Waals surface area contributed by atoms with Crippen molar-refractivity contribution in [1.29, 1.82) is 10.5 Å². The van der Waals surface area contributed by atoms with Gasteiger partial charge in [0.15, 0.2) is 12.1 Å². The van der Waals surface area contributed by atoms with Crippen molar-refractivity contribution in [2.75, 3.05) is 6.61 Å². The number of nitriles is 2. The molecule has 12 heavy (non-hydrogen) atoms. The topological polar surface area (TPSA) is 95.2 Å². The normalized spacial score (nSPS) is 11.6. The Morgan fingerprint density at radius 2 is 2.25 bits per heavy atom. The Morgan fingerprint density at radius 1 is 1.58 bits per heavy atom. The molecular weight excluding hydrogens is 156 g/mol. The highest BCUT2D eigenvalue weighted by molar-refractivity contribution is 5.52. The van der Waals surface area contributed by atoms with Crippen molar-refractivity contribution in [3.8, 4) is 12.1 Å². The lowest BCUT2D eigenvalue weighted by molar-refractivity contribution is 0.343. The summed E-state index contributed by atoms with van der Waals surface area (Å²) in [5.74, 6) is 0. The van der Waals surface area contributed by atoms with E-state index in [2.05, 4.69) is 4.99 Å². The number of nitrogens with two attached hydrogens (primary N) is 1. The van der Waals surface area contributed by atoms with E-state index in [9.17, 15) is 0 Å². The predicted molar refractivity (Wildman–Crippen MR) is 42.6 cm³/mol. The lowest BCUT2D eigenvalue weighted by Crippen LogP contribution is -1.98. The van der Waals surface area contributed by atoms with Gasteiger partial charge >= 0.3 is 0 Å². The van der Waals surface area contributed by atoms with Crippen molar-refractivity contribution >= 4 is 6.40 Å². The van der Waals surface area contributed by atoms with Crippen molar-refractivity contribution < 1.29 is 4.74 Å². The average Bonchev–Trinajstić information content (AvgIpc) is 2.11. The van der Waals surface area contributed by atoms with Gasteiger partial charge in [-0.15, -0.1) is 0 Å². The average molecular weight is 164 g/mol. The maximum absolute atomic E-state index is 8.42. The minimum absolute atomic E-state index is 0.133. The van der Waals surface area contributed by atoms with E-state index in [4.69, 9.17) is 21.0 Å². The molecule has 0 heterocycles. The Labute approximate surface area is 70.4 Å². The van der Waals surface area contributed by atoms with Gasteiger partial charge in [0.1, 0.15) is 17.8 Å². The Hall–Kier alpha value is -2.01. The summed E-state index contributed by atoms with van der Waals surface area (Å²) in [6.07, 6.45) is 1.09. The number of hydrogen-bond acceptors (Lipinski definition) is 5. The number of aliphatic imine (C=N–C) groups is 1. The maximum Gasteiger partial charge on any atom is 0.177 e. The quantitative estimate of drug-likeness (QED) is 0.368. The van der Waals surface area contributed by atoms with E-state index in [0.29, 0.717) is 6.61 Å². The zero-order valence-electron chi connectivity index (χ0n) is 6.61. The second-order valence-electron chi connectivity index (χ2n) is 1.68. The van der Waals surface area contributed by atoms with Crippen LogP contribution in [0.15, 0.2) is 16.4 Å². The first-order chi connectivity index (χ1) is 5.76. The van der Waals surface area contributed by atoms with Crippen molar-refractivity contribution in [2.24, 2.45) is 10.7 Å². The predicted octanol–water partition coefficient (Wildman–Crippen LogP) is 0.269. The van der Waals surface area contributed by atoms with E-state index in [1.54, 1.807) is 19.1 Å². The molecule has 0 amide bonds. The molecule has 0 atom stereocenters. The Kier molecular flexibility index (Phi) is 4.79. The van der Waals surface area contributed by atoms with Crippen LogP contribution in [0.2, 0.25) is 0 Å². The number of allylic oxidation sites excluding steroid dienone is 2. The Morgan fingerprint density at radius 3 is 2.67 bits per heavy atom. The molecule has 0 aliphatic carbocycles. The lowest BCUT2D eigenvalue weighted by Gasteiger charge is -1.91. The van der Waals surface area contributed by atoms with E-state index >= 15 is 0 Å². The summed E-state index contributed by atoms with van der Waals surface area (Å²) in [5, 5.41) is 16.7. The lowest BCUT2D eigenvalue weighted by atomic mass is 10.4. The molecule has 0 rings (SSSR count). The first-order valence-electron chi connectivity index (χ1n) is 3.20. The monoisotopic (exact) mass is 164 g/mol. The fourth-order valence-electron chi connectivity index (χ4n) is 0.376. The molecular formula is C7H8N4O. The first kappa shape index (κ1) is 9.99. The Bertz CT molecular complexity index is 279. The van der Waals surface area contributed by atoms with Gasteiger partial charge < -0.3 is 10.5 Å². The van der Waals surface area contributed by atoms with Crippen molar-refractivity contribution in [3.05, 3.63) is 11.4 Å². The minimum Gasteiger partial charge on any atom is -0.483 e. The van der Waals surface area contributed by atoms with Crippen LogP contribution in [0.5, 0.6) is 0 Å². The molecule has 0 spiro atoms. The zero-order valence-corrected chi connectivity index (χ0v) is 6.61. The highest BCUT2D eigenvalue weighted by atomic mass is 16.5. The molecule has 0 fully saturated rings. The summed E-state index contributed by atoms with van der Waals surface area (Å²) in [4.78, 5) is 3.53. The van der Waals surface area contributed by atoms with Gasteiger partial charge in [-0.2, -0.15) is 10.5 Å². The fraction of sp³-hybridized carbons (Fsp3) is 0.286. The molecule has 0 aromatic carbocycles. The van der Waals surface area contributed by atoms with Gasteiger partial charge in [0, 0.05) is 0 Å². The third-order valence-corrected chi connectivity index (χ3v) is 0.904. The van der Waals surface area contributed by atoms with Crippen LogP contribution in [0.4, 0.5) is 0 Å². The zero-order chi connectivity index (χ0) is 9.40. The number of nitrogens with zero attached hydrogens (tertiary/aromatic N) is 3. The van der Waals surface area contributed by atoms with Gasteiger partial charge in [0.05, 0.1) is 6.61 Å². The third kappa shape index (κ3) is 3.23. The summed E-state index contributed by atoms with van der Waals surface area (Å²) in [6.45, 7) is 2.23. The van der Waals surface area contributed by atoms with Crippen molar-refractivity contribution in [2.45, 2.75) is 6.92 Å². The smallest absolute Gasteiger partial charge is 0.177 e. The van der Waals surface area contributed by atoms with Gasteiger partial charge in [0.2, 0.25) is 0 Å². The van der Waals surface area contributed by atoms with Gasteiger partial charge in [-0.05, 0) is 6.92 Å². The summed E-state index contributed by atoms with van der Waals surface area (Å²) >= 11 is 0. The van der Waals surface area contributed by atoms with Crippen LogP contribution in [0, 0.1) is 22.7 Å². The summed E-state index contributed by atoms with van der Waals surface area (Å²) in [6, 6.07) is 3.27. The molecule has 2 N–H and O–H groups in total. The second-order valence-corrected chi connectivity index (χ2v) is 1.68. The largest absolute Gasteiger partial charge is 0.483 e. The van der Waals surface area contributed by atoms with Crippen LogP contribution in [0.25, 0.3) is 0 Å². The molecule has 0 saturated heterocycles. The van der Waals surface area contributed by atoms with Crippen LogP contribution >= 0.6 is 0 Å². The molecule has 0 aliphatic heterocycles. The fourth-order valence-corrected chi connectivity index (χ4v) is 0.376. The highest BCUT2D eigenvalue weighted by Crippen LogP contribution is 1.96.